The average Bonchev–Trinajstić information content (AvgIpc) is 3.61. The molecule has 9 rings (SSSR count). The Kier molecular flexibility index (Phi) is 9.24. The third-order valence-electron chi connectivity index (χ3n) is 10.2. The molecule has 0 bridgehead atoms. The lowest BCUT2D eigenvalue weighted by Gasteiger charge is -2.17. The van der Waals surface area contributed by atoms with Crippen molar-refractivity contribution in [3.63, 3.8) is 0 Å². The minimum Gasteiger partial charge on any atom is -0.398 e. The number of rotatable bonds is 9. The molecule has 0 saturated carbocycles. The Morgan fingerprint density at radius 3 is 1.77 bits per heavy atom. The first-order chi connectivity index (χ1) is 27.6. The maximum absolute atomic E-state index is 7.20. The second kappa shape index (κ2) is 15.1. The first kappa shape index (κ1) is 34.3. The van der Waals surface area contributed by atoms with Crippen LogP contribution in [0.5, 0.6) is 0 Å². The highest BCUT2D eigenvalue weighted by Gasteiger charge is 2.19. The molecule has 4 N–H and O–H groups in total. The number of aromatic nitrogens is 2. The molecule has 2 heterocycles. The van der Waals surface area contributed by atoms with Crippen LogP contribution >= 0.6 is 0 Å². The van der Waals surface area contributed by atoms with Gasteiger partial charge in [-0.25, -0.2) is 4.98 Å². The molecule has 0 unspecified atom stereocenters. The van der Waals surface area contributed by atoms with Gasteiger partial charge in [-0.1, -0.05) is 170 Å². The zero-order chi connectivity index (χ0) is 37.8. The first-order valence-electron chi connectivity index (χ1n) is 18.8. The molecule has 5 nitrogen and oxygen atoms in total. The summed E-state index contributed by atoms with van der Waals surface area (Å²) < 4.78 is 2.12. The molecule has 0 amide bonds. The monoisotopic (exact) mass is 721 g/mol. The Morgan fingerprint density at radius 1 is 0.536 bits per heavy atom. The highest BCUT2D eigenvalue weighted by molar-refractivity contribution is 6.14. The van der Waals surface area contributed by atoms with Gasteiger partial charge in [-0.05, 0) is 51.9 Å². The summed E-state index contributed by atoms with van der Waals surface area (Å²) in [5.74, 6) is 0.593. The van der Waals surface area contributed by atoms with E-state index in [-0.39, 0.29) is 0 Å². The molecule has 268 valence electrons. The van der Waals surface area contributed by atoms with Crippen LogP contribution in [0.4, 0.5) is 0 Å². The summed E-state index contributed by atoms with van der Waals surface area (Å²) in [6.45, 7) is 0.422. The second-order valence-corrected chi connectivity index (χ2v) is 13.8. The van der Waals surface area contributed by atoms with E-state index in [0.29, 0.717) is 18.1 Å². The van der Waals surface area contributed by atoms with Crippen LogP contribution in [-0.2, 0) is 6.54 Å². The summed E-state index contributed by atoms with van der Waals surface area (Å²) in [4.78, 5) is 10.6. The fourth-order valence-electron chi connectivity index (χ4n) is 7.56. The number of nitrogens with two attached hydrogens (primary N) is 2. The van der Waals surface area contributed by atoms with Gasteiger partial charge in [-0.2, -0.15) is 0 Å². The molecule has 7 aromatic carbocycles. The van der Waals surface area contributed by atoms with E-state index in [1.54, 1.807) is 0 Å². The SMILES string of the molecule is N/C(=C(/c1cccc(CN=C(/C=C(\N)n2c3ccccc3c3ccccc32)c2ccccc2)c1)c1nc(-c2ccccc2)cc2ccccc12)c1ccccc1. The van der Waals surface area contributed by atoms with Crippen molar-refractivity contribution in [2.45, 2.75) is 6.54 Å². The fourth-order valence-corrected chi connectivity index (χ4v) is 7.56. The second-order valence-electron chi connectivity index (χ2n) is 13.8. The van der Waals surface area contributed by atoms with Crippen LogP contribution in [0.1, 0.15) is 27.9 Å². The van der Waals surface area contributed by atoms with E-state index in [0.717, 1.165) is 83.1 Å². The van der Waals surface area contributed by atoms with Crippen molar-refractivity contribution in [2.75, 3.05) is 0 Å². The van der Waals surface area contributed by atoms with Crippen molar-refractivity contribution in [3.8, 4) is 11.3 Å². The van der Waals surface area contributed by atoms with Gasteiger partial charge in [0.15, 0.2) is 0 Å². The van der Waals surface area contributed by atoms with Crippen LogP contribution in [0.25, 0.3) is 60.9 Å². The number of aliphatic imine (C=N–C) groups is 1. The summed E-state index contributed by atoms with van der Waals surface area (Å²) in [6, 6.07) is 66.4. The summed E-state index contributed by atoms with van der Waals surface area (Å²) >= 11 is 0. The Hall–Kier alpha value is -7.50. The standard InChI is InChI=1S/C51H39N5/c52-48(56-46-29-14-12-27-42(46)43-28-13-15-30-47(43)56)33-44(36-18-4-1-5-19-36)54-34-35-17-16-25-40(31-35)49(50(53)38-22-8-3-9-23-38)51-41-26-11-10-24-39(41)32-45(55-51)37-20-6-2-7-21-37/h1-33H,34,52-53H2/b48-33+,50-49-,54-44?. The Bertz CT molecular complexity index is 2890. The lowest BCUT2D eigenvalue weighted by Crippen LogP contribution is -2.10. The maximum atomic E-state index is 7.20. The molecule has 0 aliphatic carbocycles. The number of benzene rings is 7. The zero-order valence-corrected chi connectivity index (χ0v) is 30.8. The number of para-hydroxylation sites is 2. The van der Waals surface area contributed by atoms with E-state index in [9.17, 15) is 0 Å². The molecule has 0 fully saturated rings. The number of fused-ring (bicyclic) bond motifs is 4. The molecule has 56 heavy (non-hydrogen) atoms. The average molecular weight is 722 g/mol. The highest BCUT2D eigenvalue weighted by Crippen LogP contribution is 2.36. The third-order valence-corrected chi connectivity index (χ3v) is 10.2. The summed E-state index contributed by atoms with van der Waals surface area (Å²) in [6.07, 6.45) is 1.99. The van der Waals surface area contributed by atoms with E-state index >= 15 is 0 Å². The molecule has 9 aromatic rings. The van der Waals surface area contributed by atoms with Crippen LogP contribution in [0.3, 0.4) is 0 Å². The van der Waals surface area contributed by atoms with E-state index < -0.39 is 0 Å². The van der Waals surface area contributed by atoms with Gasteiger partial charge in [0.1, 0.15) is 5.82 Å². The van der Waals surface area contributed by atoms with Gasteiger partial charge in [0.25, 0.3) is 0 Å². The molecule has 2 aromatic heterocycles. The van der Waals surface area contributed by atoms with Crippen molar-refractivity contribution in [2.24, 2.45) is 16.5 Å². The first-order valence-corrected chi connectivity index (χ1v) is 18.8. The molecule has 0 aliphatic rings. The number of allylic oxidation sites excluding steroid dienone is 1. The Balaban J connectivity index is 1.17. The van der Waals surface area contributed by atoms with Crippen LogP contribution in [0.15, 0.2) is 205 Å². The van der Waals surface area contributed by atoms with E-state index in [2.05, 4.69) is 120 Å². The molecule has 0 saturated heterocycles. The van der Waals surface area contributed by atoms with Crippen LogP contribution in [0.2, 0.25) is 0 Å². The van der Waals surface area contributed by atoms with Crippen molar-refractivity contribution < 1.29 is 0 Å². The third kappa shape index (κ3) is 6.63. The Morgan fingerprint density at radius 2 is 1.09 bits per heavy atom. The fraction of sp³-hybridized carbons (Fsp3) is 0.0196. The lowest BCUT2D eigenvalue weighted by atomic mass is 9.92. The lowest BCUT2D eigenvalue weighted by molar-refractivity contribution is 1.07. The van der Waals surface area contributed by atoms with Gasteiger partial charge >= 0.3 is 0 Å². The molecular weight excluding hydrogens is 683 g/mol. The van der Waals surface area contributed by atoms with Crippen LogP contribution in [-0.4, -0.2) is 15.3 Å². The summed E-state index contributed by atoms with van der Waals surface area (Å²) in [5, 5.41) is 4.44. The zero-order valence-electron chi connectivity index (χ0n) is 30.8. The molecular formula is C51H39N5. The molecule has 0 aliphatic heterocycles. The molecule has 0 spiro atoms. The highest BCUT2D eigenvalue weighted by atomic mass is 15.1. The van der Waals surface area contributed by atoms with Crippen LogP contribution < -0.4 is 11.5 Å². The number of pyridine rings is 1. The normalized spacial score (nSPS) is 12.6. The minimum atomic E-state index is 0.422. The summed E-state index contributed by atoms with van der Waals surface area (Å²) in [5.41, 5.74) is 25.3. The van der Waals surface area contributed by atoms with Crippen molar-refractivity contribution in [3.05, 3.63) is 228 Å². The molecule has 0 atom stereocenters. The van der Waals surface area contributed by atoms with Gasteiger partial charge in [-0.3, -0.25) is 9.56 Å². The van der Waals surface area contributed by atoms with Gasteiger partial charge < -0.3 is 11.5 Å². The number of nitrogens with zero attached hydrogens (tertiary/aromatic N) is 3. The van der Waals surface area contributed by atoms with Crippen LogP contribution in [0, 0.1) is 0 Å². The van der Waals surface area contributed by atoms with Crippen molar-refractivity contribution in [1.82, 2.24) is 9.55 Å². The topological polar surface area (TPSA) is 82.2 Å². The quantitative estimate of drug-likeness (QED) is 0.115. The van der Waals surface area contributed by atoms with E-state index in [1.165, 1.54) is 0 Å². The van der Waals surface area contributed by atoms with Crippen molar-refractivity contribution >= 4 is 55.4 Å². The van der Waals surface area contributed by atoms with Gasteiger partial charge in [0, 0.05) is 39.1 Å². The van der Waals surface area contributed by atoms with E-state index in [4.69, 9.17) is 21.4 Å². The smallest absolute Gasteiger partial charge is 0.110 e. The maximum Gasteiger partial charge on any atom is 0.110 e. The summed E-state index contributed by atoms with van der Waals surface area (Å²) in [7, 11) is 0. The predicted octanol–water partition coefficient (Wildman–Crippen LogP) is 11.3. The van der Waals surface area contributed by atoms with E-state index in [1.807, 2.05) is 84.9 Å². The molecule has 5 heteroatoms. The number of hydrogen-bond acceptors (Lipinski definition) is 4. The van der Waals surface area contributed by atoms with Gasteiger partial charge in [-0.15, -0.1) is 0 Å². The molecule has 0 radical (unpaired) electrons. The van der Waals surface area contributed by atoms with Crippen molar-refractivity contribution in [1.29, 1.82) is 0 Å². The Labute approximate surface area is 326 Å². The largest absolute Gasteiger partial charge is 0.398 e. The number of hydrogen-bond donors (Lipinski definition) is 2. The minimum absolute atomic E-state index is 0.422. The van der Waals surface area contributed by atoms with Gasteiger partial charge in [0.05, 0.1) is 34.7 Å². The van der Waals surface area contributed by atoms with Gasteiger partial charge in [0.2, 0.25) is 0 Å². The predicted molar refractivity (Wildman–Crippen MR) is 235 cm³/mol.